The van der Waals surface area contributed by atoms with Gasteiger partial charge in [0, 0.05) is 21.6 Å². The fraction of sp³-hybridized carbons (Fsp3) is 0.261. The number of hydrogen-bond acceptors (Lipinski definition) is 5. The van der Waals surface area contributed by atoms with Gasteiger partial charge in [-0.1, -0.05) is 12.1 Å². The van der Waals surface area contributed by atoms with Crippen LogP contribution < -0.4 is 15.8 Å². The number of carbonyl (C=O) groups is 2. The van der Waals surface area contributed by atoms with Crippen molar-refractivity contribution >= 4 is 63.9 Å². The number of nitrogen functional groups attached to an aromatic ring is 1. The molecule has 2 heterocycles. The molecule has 1 aromatic heterocycles. The van der Waals surface area contributed by atoms with Crippen LogP contribution >= 0.6 is 36.2 Å². The number of nitrogens with two attached hydrogens (primary N) is 1. The zero-order chi connectivity index (χ0) is 22.0. The maximum atomic E-state index is 12.0. The summed E-state index contributed by atoms with van der Waals surface area (Å²) in [5, 5.41) is 21.2. The van der Waals surface area contributed by atoms with E-state index in [2.05, 4.69) is 5.32 Å². The van der Waals surface area contributed by atoms with Crippen molar-refractivity contribution in [3.8, 4) is 5.75 Å². The summed E-state index contributed by atoms with van der Waals surface area (Å²) in [5.74, 6) is -0.858. The molecule has 0 aliphatic carbocycles. The monoisotopic (exact) mass is 509 g/mol. The van der Waals surface area contributed by atoms with Crippen molar-refractivity contribution in [3.63, 3.8) is 0 Å². The minimum Gasteiger partial charge on any atom is -0.491 e. The first kappa shape index (κ1) is 26.4. The Labute approximate surface area is 207 Å². The van der Waals surface area contributed by atoms with Gasteiger partial charge in [0.2, 0.25) is 5.91 Å². The second-order valence-corrected chi connectivity index (χ2v) is 8.83. The Kier molecular flexibility index (Phi) is 9.10. The Bertz CT molecular complexity index is 1150. The molecule has 7 nitrogen and oxygen atoms in total. The van der Waals surface area contributed by atoms with Crippen LogP contribution in [0.2, 0.25) is 0 Å². The van der Waals surface area contributed by atoms with E-state index in [4.69, 9.17) is 15.9 Å². The lowest BCUT2D eigenvalue weighted by Crippen LogP contribution is -2.30. The number of nitrogens with one attached hydrogen (secondary N) is 2. The molecule has 2 aromatic carbocycles. The molecule has 1 unspecified atom stereocenters. The molecule has 1 saturated heterocycles. The van der Waals surface area contributed by atoms with Gasteiger partial charge in [-0.15, -0.1) is 36.2 Å². The molecule has 5 N–H and O–H groups in total. The van der Waals surface area contributed by atoms with E-state index in [9.17, 15) is 14.7 Å². The molecule has 10 heteroatoms. The molecular weight excluding hydrogens is 485 g/mol. The van der Waals surface area contributed by atoms with Crippen LogP contribution in [0.15, 0.2) is 48.5 Å². The van der Waals surface area contributed by atoms with Crippen molar-refractivity contribution in [2.45, 2.75) is 31.2 Å². The third-order valence-corrected chi connectivity index (χ3v) is 6.54. The van der Waals surface area contributed by atoms with Gasteiger partial charge < -0.3 is 20.9 Å². The molecule has 2 atom stereocenters. The summed E-state index contributed by atoms with van der Waals surface area (Å²) < 4.78 is 6.77. The normalized spacial score (nSPS) is 15.8. The quantitative estimate of drug-likeness (QED) is 0.268. The molecule has 3 aromatic rings. The number of halogens is 2. The Morgan fingerprint density at radius 2 is 1.94 bits per heavy atom. The number of benzene rings is 2. The van der Waals surface area contributed by atoms with E-state index in [1.54, 1.807) is 41.7 Å². The van der Waals surface area contributed by atoms with Crippen LogP contribution in [-0.4, -0.2) is 35.5 Å². The highest BCUT2D eigenvalue weighted by molar-refractivity contribution is 7.19. The van der Waals surface area contributed by atoms with Crippen LogP contribution in [0.25, 0.3) is 10.1 Å². The summed E-state index contributed by atoms with van der Waals surface area (Å²) in [5.41, 5.74) is 6.92. The van der Waals surface area contributed by atoms with Crippen molar-refractivity contribution in [2.75, 3.05) is 6.61 Å². The van der Waals surface area contributed by atoms with Crippen molar-refractivity contribution in [1.82, 2.24) is 5.32 Å². The predicted octanol–water partition coefficient (Wildman–Crippen LogP) is 4.10. The summed E-state index contributed by atoms with van der Waals surface area (Å²) in [6, 6.07) is 14.7. The summed E-state index contributed by atoms with van der Waals surface area (Å²) >= 11 is 1.55. The van der Waals surface area contributed by atoms with E-state index >= 15 is 0 Å². The smallest absolute Gasteiger partial charge is 0.311 e. The molecule has 33 heavy (non-hydrogen) atoms. The SMILES string of the molecule is Cl.Cl.N=C(N)c1ccc2sc(CC(C(=O)O)c3ccc(OC[C@@H]4CCC(=O)N4)cc3)cc2c1. The number of fused-ring (bicyclic) bond motifs is 1. The van der Waals surface area contributed by atoms with Gasteiger partial charge in [-0.25, -0.2) is 0 Å². The van der Waals surface area contributed by atoms with Gasteiger partial charge in [0.25, 0.3) is 0 Å². The number of amides is 1. The third-order valence-electron chi connectivity index (χ3n) is 5.40. The second-order valence-electron chi connectivity index (χ2n) is 7.66. The van der Waals surface area contributed by atoms with Crippen molar-refractivity contribution in [1.29, 1.82) is 5.41 Å². The largest absolute Gasteiger partial charge is 0.491 e. The van der Waals surface area contributed by atoms with Crippen LogP contribution in [0.3, 0.4) is 0 Å². The van der Waals surface area contributed by atoms with Crippen molar-refractivity contribution < 1.29 is 19.4 Å². The molecule has 176 valence electrons. The highest BCUT2D eigenvalue weighted by Gasteiger charge is 2.23. The van der Waals surface area contributed by atoms with E-state index in [0.29, 0.717) is 36.3 Å². The predicted molar refractivity (Wildman–Crippen MR) is 135 cm³/mol. The van der Waals surface area contributed by atoms with Gasteiger partial charge in [-0.3, -0.25) is 15.0 Å². The fourth-order valence-electron chi connectivity index (χ4n) is 3.71. The fourth-order valence-corrected chi connectivity index (χ4v) is 4.80. The molecule has 1 aliphatic rings. The lowest BCUT2D eigenvalue weighted by atomic mass is 9.95. The number of hydrogen-bond donors (Lipinski definition) is 4. The number of carbonyl (C=O) groups excluding carboxylic acids is 1. The minimum absolute atomic E-state index is 0. The minimum atomic E-state index is -0.885. The van der Waals surface area contributed by atoms with Crippen LogP contribution in [0.5, 0.6) is 5.75 Å². The Morgan fingerprint density at radius 3 is 2.55 bits per heavy atom. The van der Waals surface area contributed by atoms with Gasteiger partial charge in [-0.2, -0.15) is 0 Å². The molecule has 4 rings (SSSR count). The first-order valence-corrected chi connectivity index (χ1v) is 10.8. The second kappa shape index (κ2) is 11.4. The number of rotatable bonds is 8. The average Bonchev–Trinajstić information content (AvgIpc) is 3.35. The van der Waals surface area contributed by atoms with Gasteiger partial charge in [0.15, 0.2) is 0 Å². The van der Waals surface area contributed by atoms with E-state index < -0.39 is 11.9 Å². The third kappa shape index (κ3) is 6.37. The van der Waals surface area contributed by atoms with Crippen molar-refractivity contribution in [3.05, 3.63) is 64.5 Å². The highest BCUT2D eigenvalue weighted by Crippen LogP contribution is 2.31. The van der Waals surface area contributed by atoms with Crippen LogP contribution in [0.1, 0.15) is 34.8 Å². The molecular formula is C23H25Cl2N3O4S. The molecule has 1 amide bonds. The highest BCUT2D eigenvalue weighted by atomic mass is 35.5. The van der Waals surface area contributed by atoms with Gasteiger partial charge in [0.1, 0.15) is 18.2 Å². The summed E-state index contributed by atoms with van der Waals surface area (Å²) in [6.07, 6.45) is 1.67. The first-order chi connectivity index (χ1) is 14.9. The van der Waals surface area contributed by atoms with Crippen LogP contribution in [0.4, 0.5) is 0 Å². The number of ether oxygens (including phenoxy) is 1. The molecule has 0 bridgehead atoms. The number of aliphatic carboxylic acids is 1. The van der Waals surface area contributed by atoms with Gasteiger partial charge in [0.05, 0.1) is 12.0 Å². The van der Waals surface area contributed by atoms with Crippen LogP contribution in [0, 0.1) is 5.41 Å². The van der Waals surface area contributed by atoms with Crippen molar-refractivity contribution in [2.24, 2.45) is 5.73 Å². The Hall–Kier alpha value is -2.81. The summed E-state index contributed by atoms with van der Waals surface area (Å²) in [6.45, 7) is 0.400. The van der Waals surface area contributed by atoms with E-state index in [1.807, 2.05) is 18.2 Å². The average molecular weight is 510 g/mol. The maximum Gasteiger partial charge on any atom is 0.311 e. The standard InChI is InChI=1S/C23H23N3O4S.2ClH/c24-22(25)14-3-7-20-15(9-14)10-18(31-20)11-19(23(28)29)13-1-5-17(6-2-13)30-12-16-4-8-21(27)26-16;;/h1-3,5-7,9-10,16,19H,4,8,11-12H2,(H3,24,25)(H,26,27)(H,28,29);2*1H/t16-,19?;;/m0../s1. The van der Waals surface area contributed by atoms with Gasteiger partial charge in [-0.05, 0) is 60.2 Å². The maximum absolute atomic E-state index is 12.0. The summed E-state index contributed by atoms with van der Waals surface area (Å²) in [4.78, 5) is 24.2. The zero-order valence-corrected chi connectivity index (χ0v) is 20.0. The molecule has 0 saturated carbocycles. The lowest BCUT2D eigenvalue weighted by Gasteiger charge is -2.14. The molecule has 1 aliphatic heterocycles. The number of carboxylic acids is 1. The van der Waals surface area contributed by atoms with E-state index in [-0.39, 0.29) is 42.6 Å². The Balaban J connectivity index is 0.00000193. The van der Waals surface area contributed by atoms with E-state index in [1.165, 1.54) is 0 Å². The molecule has 1 fully saturated rings. The molecule has 0 spiro atoms. The first-order valence-electron chi connectivity index (χ1n) is 10.0. The Morgan fingerprint density at radius 1 is 1.21 bits per heavy atom. The number of amidine groups is 1. The van der Waals surface area contributed by atoms with Crippen LogP contribution in [-0.2, 0) is 16.0 Å². The topological polar surface area (TPSA) is 126 Å². The number of carboxylic acid groups (broad SMARTS) is 1. The molecule has 0 radical (unpaired) electrons. The summed E-state index contributed by atoms with van der Waals surface area (Å²) in [7, 11) is 0. The van der Waals surface area contributed by atoms with E-state index in [0.717, 1.165) is 21.4 Å². The zero-order valence-electron chi connectivity index (χ0n) is 17.6. The number of thiophene rings is 1. The lowest BCUT2D eigenvalue weighted by molar-refractivity contribution is -0.138. The van der Waals surface area contributed by atoms with Gasteiger partial charge >= 0.3 is 5.97 Å².